The molecule has 1 saturated heterocycles. The van der Waals surface area contributed by atoms with E-state index in [1.165, 1.54) is 141 Å². The van der Waals surface area contributed by atoms with Crippen molar-refractivity contribution in [2.24, 2.45) is 0 Å². The SMILES string of the molecule is CC/C=C\C/C=C\C/C=C\C/C=C\C/C=C\C/C=C\CCCCCCCCCCC(=O)NC(COC1OC(CO)C(O)C(O)C1O)C(O)/C=C/CCCCCCCCCCCCCCCCCCCCCC. The van der Waals surface area contributed by atoms with Crippen LogP contribution in [0.15, 0.2) is 85.1 Å². The Morgan fingerprint density at radius 3 is 1.28 bits per heavy atom. The molecule has 72 heavy (non-hydrogen) atoms. The largest absolute Gasteiger partial charge is 0.394 e. The number of nitrogens with one attached hydrogen (secondary N) is 1. The Hall–Kier alpha value is -2.63. The maximum Gasteiger partial charge on any atom is 0.220 e. The molecule has 1 rings (SSSR count). The van der Waals surface area contributed by atoms with E-state index in [-0.39, 0.29) is 12.5 Å². The van der Waals surface area contributed by atoms with Crippen molar-refractivity contribution in [3.63, 3.8) is 0 Å². The summed E-state index contributed by atoms with van der Waals surface area (Å²) < 4.78 is 11.3. The zero-order chi connectivity index (χ0) is 52.2. The number of ether oxygens (including phenoxy) is 2. The molecule has 0 bridgehead atoms. The lowest BCUT2D eigenvalue weighted by Gasteiger charge is -2.40. The summed E-state index contributed by atoms with van der Waals surface area (Å²) in [6.07, 6.45) is 66.4. The first-order chi connectivity index (χ1) is 35.3. The average Bonchev–Trinajstić information content (AvgIpc) is 3.38. The Balaban J connectivity index is 2.24. The molecule has 1 aliphatic rings. The highest BCUT2D eigenvalue weighted by Crippen LogP contribution is 2.23. The van der Waals surface area contributed by atoms with Gasteiger partial charge in [0, 0.05) is 6.42 Å². The number of allylic oxidation sites excluding steroid dienone is 13. The molecule has 416 valence electrons. The van der Waals surface area contributed by atoms with Gasteiger partial charge in [0.1, 0.15) is 24.4 Å². The Kier molecular flexibility index (Phi) is 48.5. The normalized spacial score (nSPS) is 19.8. The van der Waals surface area contributed by atoms with E-state index in [1.807, 2.05) is 6.08 Å². The second-order valence-corrected chi connectivity index (χ2v) is 20.4. The molecule has 7 unspecified atom stereocenters. The fraction of sp³-hybridized carbons (Fsp3) is 0.762. The number of unbranched alkanes of at least 4 members (excludes halogenated alkanes) is 28. The first-order valence-electron chi connectivity index (χ1n) is 29.8. The van der Waals surface area contributed by atoms with E-state index in [1.54, 1.807) is 6.08 Å². The van der Waals surface area contributed by atoms with Gasteiger partial charge in [0.15, 0.2) is 6.29 Å². The highest BCUT2D eigenvalue weighted by atomic mass is 16.7. The average molecular weight is 1010 g/mol. The van der Waals surface area contributed by atoms with Crippen molar-refractivity contribution in [2.45, 2.75) is 294 Å². The first-order valence-corrected chi connectivity index (χ1v) is 29.8. The minimum Gasteiger partial charge on any atom is -0.394 e. The minimum absolute atomic E-state index is 0.187. The maximum absolute atomic E-state index is 13.1. The van der Waals surface area contributed by atoms with Gasteiger partial charge in [-0.15, -0.1) is 0 Å². The van der Waals surface area contributed by atoms with E-state index < -0.39 is 49.5 Å². The van der Waals surface area contributed by atoms with Crippen molar-refractivity contribution < 1.29 is 39.8 Å². The van der Waals surface area contributed by atoms with Gasteiger partial charge >= 0.3 is 0 Å². The maximum atomic E-state index is 13.1. The van der Waals surface area contributed by atoms with Gasteiger partial charge in [0.05, 0.1) is 25.4 Å². The van der Waals surface area contributed by atoms with Crippen LogP contribution in [-0.4, -0.2) is 87.5 Å². The fourth-order valence-electron chi connectivity index (χ4n) is 9.04. The molecule has 0 saturated carbocycles. The first kappa shape index (κ1) is 67.4. The molecule has 1 amide bonds. The van der Waals surface area contributed by atoms with E-state index in [9.17, 15) is 30.3 Å². The summed E-state index contributed by atoms with van der Waals surface area (Å²) in [6.45, 7) is 3.68. The summed E-state index contributed by atoms with van der Waals surface area (Å²) in [5.74, 6) is -0.187. The summed E-state index contributed by atoms with van der Waals surface area (Å²) in [7, 11) is 0. The number of aliphatic hydroxyl groups excluding tert-OH is 5. The van der Waals surface area contributed by atoms with E-state index in [4.69, 9.17) is 9.47 Å². The van der Waals surface area contributed by atoms with Gasteiger partial charge < -0.3 is 40.3 Å². The number of carbonyl (C=O) groups excluding carboxylic acids is 1. The van der Waals surface area contributed by atoms with Crippen LogP contribution in [0.4, 0.5) is 0 Å². The van der Waals surface area contributed by atoms with Crippen LogP contribution in [0.1, 0.15) is 251 Å². The summed E-state index contributed by atoms with van der Waals surface area (Å²) in [5.41, 5.74) is 0. The van der Waals surface area contributed by atoms with E-state index in [2.05, 4.69) is 92.1 Å². The molecule has 0 aromatic rings. The van der Waals surface area contributed by atoms with Crippen LogP contribution >= 0.6 is 0 Å². The van der Waals surface area contributed by atoms with E-state index in [0.717, 1.165) is 89.9 Å². The van der Waals surface area contributed by atoms with Gasteiger partial charge in [-0.05, 0) is 70.6 Å². The predicted molar refractivity (Wildman–Crippen MR) is 304 cm³/mol. The van der Waals surface area contributed by atoms with Gasteiger partial charge in [0.25, 0.3) is 0 Å². The molecular formula is C63H111NO8. The zero-order valence-electron chi connectivity index (χ0n) is 46.2. The second-order valence-electron chi connectivity index (χ2n) is 20.4. The van der Waals surface area contributed by atoms with Crippen molar-refractivity contribution in [1.29, 1.82) is 0 Å². The van der Waals surface area contributed by atoms with Crippen LogP contribution in [-0.2, 0) is 14.3 Å². The molecule has 0 spiro atoms. The molecule has 6 N–H and O–H groups in total. The topological polar surface area (TPSA) is 149 Å². The van der Waals surface area contributed by atoms with Gasteiger partial charge in [-0.3, -0.25) is 4.79 Å². The summed E-state index contributed by atoms with van der Waals surface area (Å²) in [5, 5.41) is 54.6. The van der Waals surface area contributed by atoms with Gasteiger partial charge in [-0.25, -0.2) is 0 Å². The molecule has 1 fully saturated rings. The molecular weight excluding hydrogens is 899 g/mol. The van der Waals surface area contributed by atoms with Crippen LogP contribution in [0.5, 0.6) is 0 Å². The standard InChI is InChI=1S/C63H111NO8/c1-3-5-7-9-11-13-15-17-19-21-23-25-27-28-29-30-31-33-35-37-39-41-43-45-47-49-51-53-59(67)64-56(55-71-63-62(70)61(69)60(68)58(54-65)72-63)57(66)52-50-48-46-44-42-40-38-36-34-32-26-24-22-20-18-16-14-12-10-8-6-4-2/h5,7,11,13,17,19,23,25,28-29,31,33,50,52,56-58,60-63,65-66,68-70H,3-4,6,8-10,12,14-16,18,20-22,24,26-27,30,32,34-49,51,53-55H2,1-2H3,(H,64,67)/b7-5-,13-11-,19-17-,25-23-,29-28-,33-31-,52-50+. The lowest BCUT2D eigenvalue weighted by atomic mass is 9.99. The third kappa shape index (κ3) is 40.7. The van der Waals surface area contributed by atoms with Crippen LogP contribution in [0.25, 0.3) is 0 Å². The fourth-order valence-corrected chi connectivity index (χ4v) is 9.04. The highest BCUT2D eigenvalue weighted by molar-refractivity contribution is 5.76. The number of carbonyl (C=O) groups is 1. The lowest BCUT2D eigenvalue weighted by Crippen LogP contribution is -2.60. The summed E-state index contributed by atoms with van der Waals surface area (Å²) in [6, 6.07) is -0.816. The van der Waals surface area contributed by atoms with Crippen LogP contribution < -0.4 is 5.32 Å². The second kappa shape index (κ2) is 51.8. The molecule has 9 heteroatoms. The van der Waals surface area contributed by atoms with Crippen LogP contribution in [0, 0.1) is 0 Å². The highest BCUT2D eigenvalue weighted by Gasteiger charge is 2.44. The van der Waals surface area contributed by atoms with Gasteiger partial charge in [-0.2, -0.15) is 0 Å². The third-order valence-electron chi connectivity index (χ3n) is 13.7. The van der Waals surface area contributed by atoms with E-state index >= 15 is 0 Å². The van der Waals surface area contributed by atoms with Crippen LogP contribution in [0.3, 0.4) is 0 Å². The van der Waals surface area contributed by atoms with E-state index in [0.29, 0.717) is 6.42 Å². The Morgan fingerprint density at radius 1 is 0.486 bits per heavy atom. The van der Waals surface area contributed by atoms with Crippen molar-refractivity contribution in [3.8, 4) is 0 Å². The van der Waals surface area contributed by atoms with Gasteiger partial charge in [-0.1, -0.05) is 259 Å². The van der Waals surface area contributed by atoms with Crippen molar-refractivity contribution >= 4 is 5.91 Å². The predicted octanol–water partition coefficient (Wildman–Crippen LogP) is 15.0. The molecule has 1 heterocycles. The number of aliphatic hydroxyl groups is 5. The molecule has 0 radical (unpaired) electrons. The van der Waals surface area contributed by atoms with Crippen molar-refractivity contribution in [3.05, 3.63) is 85.1 Å². The van der Waals surface area contributed by atoms with Crippen LogP contribution in [0.2, 0.25) is 0 Å². The zero-order valence-corrected chi connectivity index (χ0v) is 46.2. The Bertz CT molecular complexity index is 1400. The summed E-state index contributed by atoms with van der Waals surface area (Å²) in [4.78, 5) is 13.1. The number of hydrogen-bond donors (Lipinski definition) is 6. The lowest BCUT2D eigenvalue weighted by molar-refractivity contribution is -0.302. The van der Waals surface area contributed by atoms with Crippen molar-refractivity contribution in [1.82, 2.24) is 5.32 Å². The third-order valence-corrected chi connectivity index (χ3v) is 13.7. The number of hydrogen-bond acceptors (Lipinski definition) is 8. The quantitative estimate of drug-likeness (QED) is 0.0261. The van der Waals surface area contributed by atoms with Crippen molar-refractivity contribution in [2.75, 3.05) is 13.2 Å². The smallest absolute Gasteiger partial charge is 0.220 e. The molecule has 1 aliphatic heterocycles. The number of rotatable bonds is 50. The molecule has 9 nitrogen and oxygen atoms in total. The molecule has 0 aliphatic carbocycles. The molecule has 7 atom stereocenters. The monoisotopic (exact) mass is 1010 g/mol. The molecule has 0 aromatic heterocycles. The Morgan fingerprint density at radius 2 is 0.861 bits per heavy atom. The molecule has 0 aromatic carbocycles. The number of amides is 1. The Labute approximate surface area is 441 Å². The summed E-state index contributed by atoms with van der Waals surface area (Å²) >= 11 is 0. The minimum atomic E-state index is -1.57. The van der Waals surface area contributed by atoms with Gasteiger partial charge in [0.2, 0.25) is 5.91 Å².